The summed E-state index contributed by atoms with van der Waals surface area (Å²) in [7, 11) is 1.92. The van der Waals surface area contributed by atoms with Crippen molar-refractivity contribution < 1.29 is 0 Å². The Bertz CT molecular complexity index is 1100. The number of rotatable bonds is 4. The lowest BCUT2D eigenvalue weighted by Crippen LogP contribution is -2.32. The molecule has 0 saturated heterocycles. The molecule has 0 spiro atoms. The van der Waals surface area contributed by atoms with Crippen molar-refractivity contribution >= 4 is 34.0 Å². The van der Waals surface area contributed by atoms with E-state index in [9.17, 15) is 0 Å². The maximum Gasteiger partial charge on any atom is 0.209 e. The maximum absolute atomic E-state index is 7.97. The summed E-state index contributed by atoms with van der Waals surface area (Å²) in [6, 6.07) is 16.1. The fraction of sp³-hybridized carbons (Fsp3) is 0.105. The first-order chi connectivity index (χ1) is 12.7. The average Bonchev–Trinajstić information content (AvgIpc) is 3.22. The number of fused-ring (bicyclic) bond motifs is 2. The molecule has 0 aliphatic heterocycles. The third-order valence-electron chi connectivity index (χ3n) is 4.27. The zero-order valence-corrected chi connectivity index (χ0v) is 14.3. The third-order valence-corrected chi connectivity index (χ3v) is 4.27. The van der Waals surface area contributed by atoms with E-state index < -0.39 is 0 Å². The lowest BCUT2D eigenvalue weighted by molar-refractivity contribution is 0.740. The zero-order valence-electron chi connectivity index (χ0n) is 14.3. The second-order valence-electron chi connectivity index (χ2n) is 5.98. The SMILES string of the molecule is Cn1nc(CNC(=N)N/N=C/c2c[nH]c3ccccc23)c2ccccc21. The standard InChI is InChI=1S/C19H19N7/c1-26-18-9-5-3-7-15(18)17(25-26)12-22-19(20)24-23-11-13-10-21-16-8-4-2-6-14(13)16/h2-11,21H,12H2,1H3,(H3,20,22,24)/b23-11+. The molecule has 130 valence electrons. The molecule has 2 heterocycles. The van der Waals surface area contributed by atoms with Gasteiger partial charge in [0, 0.05) is 35.1 Å². The molecule has 4 rings (SSSR count). The number of aromatic amines is 1. The minimum absolute atomic E-state index is 0.121. The van der Waals surface area contributed by atoms with Crippen LogP contribution in [0.2, 0.25) is 0 Å². The number of H-pyrrole nitrogens is 1. The van der Waals surface area contributed by atoms with Gasteiger partial charge in [0.1, 0.15) is 0 Å². The van der Waals surface area contributed by atoms with E-state index in [4.69, 9.17) is 5.41 Å². The van der Waals surface area contributed by atoms with Crippen molar-refractivity contribution in [3.05, 3.63) is 66.0 Å². The predicted molar refractivity (Wildman–Crippen MR) is 104 cm³/mol. The number of nitrogens with one attached hydrogen (secondary N) is 4. The van der Waals surface area contributed by atoms with E-state index in [0.29, 0.717) is 6.54 Å². The van der Waals surface area contributed by atoms with Gasteiger partial charge in [-0.2, -0.15) is 10.2 Å². The van der Waals surface area contributed by atoms with Gasteiger partial charge in [0.15, 0.2) is 0 Å². The molecule has 0 bridgehead atoms. The summed E-state index contributed by atoms with van der Waals surface area (Å²) in [5.74, 6) is 0.121. The number of nitrogens with zero attached hydrogens (tertiary/aromatic N) is 3. The Kier molecular flexibility index (Phi) is 4.10. The summed E-state index contributed by atoms with van der Waals surface area (Å²) in [6.45, 7) is 0.454. The number of benzene rings is 2. The average molecular weight is 345 g/mol. The number of aromatic nitrogens is 3. The zero-order chi connectivity index (χ0) is 17.9. The van der Waals surface area contributed by atoms with Crippen LogP contribution < -0.4 is 10.7 Å². The second kappa shape index (κ2) is 6.72. The van der Waals surface area contributed by atoms with Crippen LogP contribution in [0.25, 0.3) is 21.8 Å². The van der Waals surface area contributed by atoms with Crippen molar-refractivity contribution in [1.82, 2.24) is 25.5 Å². The third kappa shape index (κ3) is 3.02. The van der Waals surface area contributed by atoms with Gasteiger partial charge in [-0.05, 0) is 12.1 Å². The van der Waals surface area contributed by atoms with Crippen LogP contribution in [-0.4, -0.2) is 26.9 Å². The Morgan fingerprint density at radius 3 is 2.85 bits per heavy atom. The van der Waals surface area contributed by atoms with Crippen LogP contribution in [0.3, 0.4) is 0 Å². The van der Waals surface area contributed by atoms with Crippen LogP contribution in [0.4, 0.5) is 0 Å². The molecular weight excluding hydrogens is 326 g/mol. The van der Waals surface area contributed by atoms with Crippen LogP contribution in [0.1, 0.15) is 11.3 Å². The molecule has 0 aliphatic carbocycles. The highest BCUT2D eigenvalue weighted by atomic mass is 15.4. The largest absolute Gasteiger partial charge is 0.361 e. The van der Waals surface area contributed by atoms with Gasteiger partial charge < -0.3 is 10.3 Å². The van der Waals surface area contributed by atoms with E-state index >= 15 is 0 Å². The first-order valence-corrected chi connectivity index (χ1v) is 8.30. The molecule has 4 N–H and O–H groups in total. The Morgan fingerprint density at radius 2 is 1.96 bits per heavy atom. The van der Waals surface area contributed by atoms with E-state index in [-0.39, 0.29) is 5.96 Å². The topological polar surface area (TPSA) is 93.9 Å². The number of hydrogen-bond donors (Lipinski definition) is 4. The van der Waals surface area contributed by atoms with Gasteiger partial charge in [0.2, 0.25) is 5.96 Å². The molecule has 4 aromatic rings. The van der Waals surface area contributed by atoms with Crippen molar-refractivity contribution in [2.24, 2.45) is 12.1 Å². The summed E-state index contributed by atoms with van der Waals surface area (Å²) >= 11 is 0. The predicted octanol–water partition coefficient (Wildman–Crippen LogP) is 2.70. The second-order valence-corrected chi connectivity index (χ2v) is 5.98. The van der Waals surface area contributed by atoms with Gasteiger partial charge in [0.05, 0.1) is 24.0 Å². The van der Waals surface area contributed by atoms with Crippen molar-refractivity contribution in [2.75, 3.05) is 0 Å². The summed E-state index contributed by atoms with van der Waals surface area (Å²) in [4.78, 5) is 3.19. The van der Waals surface area contributed by atoms with Crippen LogP contribution >= 0.6 is 0 Å². The van der Waals surface area contributed by atoms with Gasteiger partial charge in [-0.1, -0.05) is 36.4 Å². The highest BCUT2D eigenvalue weighted by molar-refractivity contribution is 5.99. The monoisotopic (exact) mass is 345 g/mol. The molecular formula is C19H19N7. The van der Waals surface area contributed by atoms with Crippen LogP contribution in [0.5, 0.6) is 0 Å². The summed E-state index contributed by atoms with van der Waals surface area (Å²) in [5, 5.41) is 21.8. The molecule has 2 aromatic heterocycles. The first-order valence-electron chi connectivity index (χ1n) is 8.30. The molecule has 0 amide bonds. The molecule has 26 heavy (non-hydrogen) atoms. The van der Waals surface area contributed by atoms with E-state index in [1.807, 2.05) is 66.5 Å². The van der Waals surface area contributed by atoms with Crippen LogP contribution in [0.15, 0.2) is 59.8 Å². The molecule has 0 unspecified atom stereocenters. The molecule has 7 nitrogen and oxygen atoms in total. The van der Waals surface area contributed by atoms with E-state index in [0.717, 1.165) is 33.1 Å². The maximum atomic E-state index is 7.97. The van der Waals surface area contributed by atoms with Gasteiger partial charge >= 0.3 is 0 Å². The summed E-state index contributed by atoms with van der Waals surface area (Å²) < 4.78 is 1.85. The highest BCUT2D eigenvalue weighted by Gasteiger charge is 2.07. The smallest absolute Gasteiger partial charge is 0.209 e. The number of para-hydroxylation sites is 2. The van der Waals surface area contributed by atoms with Crippen LogP contribution in [0, 0.1) is 5.41 Å². The first kappa shape index (κ1) is 15.9. The van der Waals surface area contributed by atoms with Crippen molar-refractivity contribution in [3.8, 4) is 0 Å². The normalized spacial score (nSPS) is 11.4. The van der Waals surface area contributed by atoms with Crippen molar-refractivity contribution in [3.63, 3.8) is 0 Å². The van der Waals surface area contributed by atoms with Gasteiger partial charge in [0.25, 0.3) is 0 Å². The van der Waals surface area contributed by atoms with Crippen molar-refractivity contribution in [1.29, 1.82) is 5.41 Å². The highest BCUT2D eigenvalue weighted by Crippen LogP contribution is 2.17. The summed E-state index contributed by atoms with van der Waals surface area (Å²) in [6.07, 6.45) is 3.60. The molecule has 2 aromatic carbocycles. The molecule has 0 saturated carbocycles. The number of aryl methyl sites for hydroxylation is 1. The molecule has 0 fully saturated rings. The molecule has 0 radical (unpaired) electrons. The van der Waals surface area contributed by atoms with Crippen molar-refractivity contribution in [2.45, 2.75) is 6.54 Å². The van der Waals surface area contributed by atoms with Gasteiger partial charge in [-0.3, -0.25) is 10.1 Å². The lowest BCUT2D eigenvalue weighted by atomic mass is 10.2. The number of guanidine groups is 1. The lowest BCUT2D eigenvalue weighted by Gasteiger charge is -2.05. The minimum Gasteiger partial charge on any atom is -0.361 e. The fourth-order valence-electron chi connectivity index (χ4n) is 3.00. The van der Waals surface area contributed by atoms with E-state index in [1.54, 1.807) is 6.21 Å². The summed E-state index contributed by atoms with van der Waals surface area (Å²) in [5.41, 5.74) is 6.70. The fourth-order valence-corrected chi connectivity index (χ4v) is 3.00. The van der Waals surface area contributed by atoms with E-state index in [1.165, 1.54) is 0 Å². The number of hydrazone groups is 1. The Morgan fingerprint density at radius 1 is 1.19 bits per heavy atom. The number of hydrogen-bond acceptors (Lipinski definition) is 3. The minimum atomic E-state index is 0.121. The quantitative estimate of drug-likeness (QED) is 0.260. The van der Waals surface area contributed by atoms with Gasteiger partial charge in [-0.15, -0.1) is 0 Å². The van der Waals surface area contributed by atoms with Gasteiger partial charge in [-0.25, -0.2) is 5.43 Å². The van der Waals surface area contributed by atoms with E-state index in [2.05, 4.69) is 25.9 Å². The molecule has 0 aliphatic rings. The Balaban J connectivity index is 1.38. The Hall–Kier alpha value is -3.61. The molecule has 7 heteroatoms. The van der Waals surface area contributed by atoms with Crippen LogP contribution in [-0.2, 0) is 13.6 Å². The Labute approximate surface area is 150 Å². The molecule has 0 atom stereocenters.